The third kappa shape index (κ3) is 3.69. The number of carbonyl (C=O) groups is 1. The number of likely N-dealkylation sites (N-methyl/N-ethyl adjacent to an activating group) is 1. The van der Waals surface area contributed by atoms with Crippen LogP contribution in [0.5, 0.6) is 0 Å². The molecule has 1 aromatic rings. The van der Waals surface area contributed by atoms with Gasteiger partial charge in [-0.05, 0) is 12.6 Å². The minimum atomic E-state index is -0.363. The second-order valence-corrected chi connectivity index (χ2v) is 4.89. The molecule has 1 aliphatic rings. The first kappa shape index (κ1) is 15.2. The highest BCUT2D eigenvalue weighted by molar-refractivity contribution is 5.78. The van der Waals surface area contributed by atoms with E-state index in [1.54, 1.807) is 23.1 Å². The number of para-hydroxylation sites is 2. The quantitative estimate of drug-likeness (QED) is 0.643. The fourth-order valence-corrected chi connectivity index (χ4v) is 2.43. The van der Waals surface area contributed by atoms with Crippen LogP contribution in [0.2, 0.25) is 0 Å². The van der Waals surface area contributed by atoms with Gasteiger partial charge in [0.15, 0.2) is 0 Å². The SMILES string of the molecule is CCNCC(=O)N1CCN(c2ccccc2[N+](=O)[O-])CC1. The monoisotopic (exact) mass is 292 g/mol. The molecular weight excluding hydrogens is 272 g/mol. The van der Waals surface area contributed by atoms with Crippen LogP contribution in [0.25, 0.3) is 0 Å². The number of anilines is 1. The van der Waals surface area contributed by atoms with Crippen LogP contribution in [0.1, 0.15) is 6.92 Å². The van der Waals surface area contributed by atoms with Gasteiger partial charge in [0.05, 0.1) is 11.5 Å². The Bertz CT molecular complexity index is 513. The first-order chi connectivity index (χ1) is 10.1. The average Bonchev–Trinajstić information content (AvgIpc) is 2.52. The minimum Gasteiger partial charge on any atom is -0.362 e. The highest BCUT2D eigenvalue weighted by Gasteiger charge is 2.24. The number of hydrogen-bond acceptors (Lipinski definition) is 5. The number of nitro groups is 1. The molecule has 7 nitrogen and oxygen atoms in total. The molecule has 1 aromatic carbocycles. The predicted octanol–water partition coefficient (Wildman–Crippen LogP) is 0.853. The lowest BCUT2D eigenvalue weighted by Crippen LogP contribution is -2.51. The van der Waals surface area contributed by atoms with E-state index in [1.807, 2.05) is 11.8 Å². The molecule has 0 spiro atoms. The number of nitrogens with zero attached hydrogens (tertiary/aromatic N) is 3. The molecule has 0 unspecified atom stereocenters. The number of benzene rings is 1. The minimum absolute atomic E-state index is 0.0825. The number of hydrogen-bond donors (Lipinski definition) is 1. The summed E-state index contributed by atoms with van der Waals surface area (Å²) in [7, 11) is 0. The van der Waals surface area contributed by atoms with Crippen molar-refractivity contribution in [2.75, 3.05) is 44.2 Å². The first-order valence-corrected chi connectivity index (χ1v) is 7.10. The number of nitro benzene ring substituents is 1. The van der Waals surface area contributed by atoms with E-state index in [4.69, 9.17) is 0 Å². The van der Waals surface area contributed by atoms with Gasteiger partial charge in [0.25, 0.3) is 5.69 Å². The third-order valence-corrected chi connectivity index (χ3v) is 3.58. The summed E-state index contributed by atoms with van der Waals surface area (Å²) in [5.74, 6) is 0.0825. The van der Waals surface area contributed by atoms with Crippen molar-refractivity contribution < 1.29 is 9.72 Å². The van der Waals surface area contributed by atoms with Crippen LogP contribution in [0.4, 0.5) is 11.4 Å². The van der Waals surface area contributed by atoms with E-state index in [9.17, 15) is 14.9 Å². The maximum Gasteiger partial charge on any atom is 0.292 e. The van der Waals surface area contributed by atoms with E-state index in [0.29, 0.717) is 38.4 Å². The molecule has 114 valence electrons. The highest BCUT2D eigenvalue weighted by atomic mass is 16.6. The summed E-state index contributed by atoms with van der Waals surface area (Å²) in [4.78, 5) is 26.4. The maximum absolute atomic E-state index is 11.9. The number of carbonyl (C=O) groups excluding carboxylic acids is 1. The summed E-state index contributed by atoms with van der Waals surface area (Å²) in [6, 6.07) is 6.73. The van der Waals surface area contributed by atoms with Crippen LogP contribution in [-0.4, -0.2) is 55.0 Å². The Hall–Kier alpha value is -2.15. The zero-order chi connectivity index (χ0) is 15.2. The standard InChI is InChI=1S/C14H20N4O3/c1-2-15-11-14(19)17-9-7-16(8-10-17)12-5-3-4-6-13(12)18(20)21/h3-6,15H,2,7-11H2,1H3. The van der Waals surface area contributed by atoms with Gasteiger partial charge in [-0.25, -0.2) is 0 Å². The van der Waals surface area contributed by atoms with Gasteiger partial charge in [-0.15, -0.1) is 0 Å². The molecule has 0 aromatic heterocycles. The van der Waals surface area contributed by atoms with Crippen LogP contribution < -0.4 is 10.2 Å². The van der Waals surface area contributed by atoms with Crippen molar-refractivity contribution in [3.05, 3.63) is 34.4 Å². The molecule has 0 bridgehead atoms. The summed E-state index contributed by atoms with van der Waals surface area (Å²) in [6.07, 6.45) is 0. The first-order valence-electron chi connectivity index (χ1n) is 7.10. The van der Waals surface area contributed by atoms with Crippen LogP contribution in [0.3, 0.4) is 0 Å². The lowest BCUT2D eigenvalue weighted by atomic mass is 10.2. The number of piperazine rings is 1. The van der Waals surface area contributed by atoms with Gasteiger partial charge in [0.2, 0.25) is 5.91 Å². The predicted molar refractivity (Wildman–Crippen MR) is 80.4 cm³/mol. The molecule has 2 rings (SSSR count). The largest absolute Gasteiger partial charge is 0.362 e. The molecule has 1 saturated heterocycles. The molecular formula is C14H20N4O3. The molecule has 21 heavy (non-hydrogen) atoms. The van der Waals surface area contributed by atoms with E-state index in [0.717, 1.165) is 6.54 Å². The Balaban J connectivity index is 1.98. The van der Waals surface area contributed by atoms with Crippen LogP contribution in [0, 0.1) is 10.1 Å². The fourth-order valence-electron chi connectivity index (χ4n) is 2.43. The molecule has 0 atom stereocenters. The molecule has 7 heteroatoms. The number of rotatable bonds is 5. The topological polar surface area (TPSA) is 78.7 Å². The van der Waals surface area contributed by atoms with Gasteiger partial charge in [-0.2, -0.15) is 0 Å². The van der Waals surface area contributed by atoms with Crippen molar-refractivity contribution in [3.8, 4) is 0 Å². The summed E-state index contributed by atoms with van der Waals surface area (Å²) in [5, 5.41) is 14.1. The van der Waals surface area contributed by atoms with Gasteiger partial charge < -0.3 is 15.1 Å². The van der Waals surface area contributed by atoms with E-state index < -0.39 is 0 Å². The lowest BCUT2D eigenvalue weighted by molar-refractivity contribution is -0.384. The molecule has 0 radical (unpaired) electrons. The summed E-state index contributed by atoms with van der Waals surface area (Å²) >= 11 is 0. The lowest BCUT2D eigenvalue weighted by Gasteiger charge is -2.35. The maximum atomic E-state index is 11.9. The van der Waals surface area contributed by atoms with Gasteiger partial charge in [0, 0.05) is 32.2 Å². The van der Waals surface area contributed by atoms with Gasteiger partial charge in [-0.3, -0.25) is 14.9 Å². The Morgan fingerprint density at radius 2 is 1.95 bits per heavy atom. The van der Waals surface area contributed by atoms with Crippen LogP contribution in [0.15, 0.2) is 24.3 Å². The Kier molecular flexibility index (Phi) is 5.10. The molecule has 1 heterocycles. The molecule has 0 aliphatic carbocycles. The molecule has 1 aliphatic heterocycles. The van der Waals surface area contributed by atoms with Crippen molar-refractivity contribution in [2.24, 2.45) is 0 Å². The molecule has 1 N–H and O–H groups in total. The Morgan fingerprint density at radius 3 is 2.57 bits per heavy atom. The summed E-state index contributed by atoms with van der Waals surface area (Å²) in [6.45, 7) is 5.49. The van der Waals surface area contributed by atoms with E-state index in [2.05, 4.69) is 5.32 Å². The summed E-state index contributed by atoms with van der Waals surface area (Å²) in [5.41, 5.74) is 0.742. The second kappa shape index (κ2) is 7.03. The Labute approximate surface area is 123 Å². The highest BCUT2D eigenvalue weighted by Crippen LogP contribution is 2.28. The van der Waals surface area contributed by atoms with E-state index in [1.165, 1.54) is 6.07 Å². The van der Waals surface area contributed by atoms with Crippen LogP contribution in [-0.2, 0) is 4.79 Å². The average molecular weight is 292 g/mol. The van der Waals surface area contributed by atoms with Crippen molar-refractivity contribution in [1.29, 1.82) is 0 Å². The molecule has 0 saturated carbocycles. The van der Waals surface area contributed by atoms with Crippen molar-refractivity contribution in [2.45, 2.75) is 6.92 Å². The molecule has 1 fully saturated rings. The zero-order valence-corrected chi connectivity index (χ0v) is 12.1. The van der Waals surface area contributed by atoms with Crippen LogP contribution >= 0.6 is 0 Å². The zero-order valence-electron chi connectivity index (χ0n) is 12.1. The Morgan fingerprint density at radius 1 is 1.29 bits per heavy atom. The van der Waals surface area contributed by atoms with Gasteiger partial charge in [-0.1, -0.05) is 19.1 Å². The van der Waals surface area contributed by atoms with Crippen molar-refractivity contribution in [1.82, 2.24) is 10.2 Å². The number of amides is 1. The smallest absolute Gasteiger partial charge is 0.292 e. The number of nitrogens with one attached hydrogen (secondary N) is 1. The van der Waals surface area contributed by atoms with E-state index in [-0.39, 0.29) is 16.5 Å². The third-order valence-electron chi connectivity index (χ3n) is 3.58. The second-order valence-electron chi connectivity index (χ2n) is 4.89. The fraction of sp³-hybridized carbons (Fsp3) is 0.500. The van der Waals surface area contributed by atoms with Gasteiger partial charge in [0.1, 0.15) is 5.69 Å². The van der Waals surface area contributed by atoms with Crippen molar-refractivity contribution >= 4 is 17.3 Å². The molecule has 1 amide bonds. The van der Waals surface area contributed by atoms with E-state index >= 15 is 0 Å². The summed E-state index contributed by atoms with van der Waals surface area (Å²) < 4.78 is 0. The van der Waals surface area contributed by atoms with Crippen molar-refractivity contribution in [3.63, 3.8) is 0 Å². The normalized spacial score (nSPS) is 15.1. The van der Waals surface area contributed by atoms with Gasteiger partial charge >= 0.3 is 0 Å².